The topological polar surface area (TPSA) is 174 Å². The molecule has 12 nitrogen and oxygen atoms in total. The van der Waals surface area contributed by atoms with E-state index in [-0.39, 0.29) is 69.0 Å². The summed E-state index contributed by atoms with van der Waals surface area (Å²) in [6.45, 7) is 30.7. The molecule has 4 atom stereocenters. The number of carbonyl (C=O) groups is 4. The number of nitrogens with zero attached hydrogens (tertiary/aromatic N) is 2. The number of hydrogen-bond donors (Lipinski definition) is 6. The van der Waals surface area contributed by atoms with E-state index in [1.165, 1.54) is 0 Å². The molecule has 76 heavy (non-hydrogen) atoms. The van der Waals surface area contributed by atoms with E-state index in [4.69, 9.17) is 9.97 Å². The lowest BCUT2D eigenvalue weighted by Gasteiger charge is -2.24. The summed E-state index contributed by atoms with van der Waals surface area (Å²) in [5.41, 5.74) is 10.7. The molecule has 0 radical (unpaired) electrons. The smallest absolute Gasteiger partial charge is 0.228 e. The first-order valence-corrected chi connectivity index (χ1v) is 34.2. The van der Waals surface area contributed by atoms with Crippen LogP contribution in [0.15, 0.2) is 60.7 Å². The van der Waals surface area contributed by atoms with Crippen molar-refractivity contribution in [2.24, 2.45) is 45.3 Å². The summed E-state index contributed by atoms with van der Waals surface area (Å²) in [5, 5.41) is 15.8. The van der Waals surface area contributed by atoms with Crippen molar-refractivity contribution in [3.8, 4) is 22.3 Å². The summed E-state index contributed by atoms with van der Waals surface area (Å²) in [7, 11) is -4.05. The van der Waals surface area contributed by atoms with Crippen molar-refractivity contribution in [2.45, 2.75) is 120 Å². The molecule has 4 saturated carbocycles. The zero-order valence-corrected chi connectivity index (χ0v) is 48.7. The Morgan fingerprint density at radius 1 is 0.434 bits per heavy atom. The molecule has 5 heterocycles. The fraction of sp³-hybridized carbons (Fsp3) is 0.419. The van der Waals surface area contributed by atoms with Crippen LogP contribution in [-0.2, 0) is 19.2 Å². The molecule has 2 aliphatic heterocycles. The van der Waals surface area contributed by atoms with Gasteiger partial charge in [0.1, 0.15) is 0 Å². The molecular weight excluding hydrogens is 977 g/mol. The van der Waals surface area contributed by atoms with E-state index in [9.17, 15) is 19.2 Å². The zero-order chi connectivity index (χ0) is 54.4. The molecule has 2 aromatic carbocycles. The zero-order valence-electron chi connectivity index (χ0n) is 46.7. The van der Waals surface area contributed by atoms with Crippen molar-refractivity contribution >= 4 is 119 Å². The fourth-order valence-corrected chi connectivity index (χ4v) is 13.5. The number of carbonyl (C=O) groups excluding carboxylic acids is 4. The van der Waals surface area contributed by atoms with Crippen LogP contribution in [0.2, 0.25) is 39.3 Å². The van der Waals surface area contributed by atoms with Gasteiger partial charge in [-0.3, -0.25) is 19.2 Å². The summed E-state index contributed by atoms with van der Waals surface area (Å²) in [4.78, 5) is 75.1. The highest BCUT2D eigenvalue weighted by molar-refractivity contribution is 6.89. The molecule has 4 aliphatic carbocycles. The highest BCUT2D eigenvalue weighted by atomic mass is 28.3. The maximum atomic E-state index is 14.3. The summed E-state index contributed by atoms with van der Waals surface area (Å²) in [5.74, 6) is -0.689. The Morgan fingerprint density at radius 2 is 0.711 bits per heavy atom. The minimum absolute atomic E-state index is 0.0371. The van der Waals surface area contributed by atoms with Crippen molar-refractivity contribution in [2.75, 3.05) is 21.3 Å². The monoisotopic (exact) mass is 1050 g/mol. The van der Waals surface area contributed by atoms with Gasteiger partial charge < -0.3 is 31.2 Å². The maximum Gasteiger partial charge on any atom is 0.228 e. The molecule has 394 valence electrons. The molecule has 8 bridgehead atoms. The van der Waals surface area contributed by atoms with Crippen molar-refractivity contribution < 1.29 is 19.2 Å². The lowest BCUT2D eigenvalue weighted by atomic mass is 9.98. The van der Waals surface area contributed by atoms with Crippen molar-refractivity contribution in [3.05, 3.63) is 83.4 Å². The van der Waals surface area contributed by atoms with Crippen molar-refractivity contribution in [1.82, 2.24) is 19.9 Å². The van der Waals surface area contributed by atoms with Crippen molar-refractivity contribution in [1.29, 1.82) is 0 Å². The Kier molecular flexibility index (Phi) is 11.8. The van der Waals surface area contributed by atoms with Crippen LogP contribution in [0.3, 0.4) is 0 Å². The first kappa shape index (κ1) is 51.5. The summed E-state index contributed by atoms with van der Waals surface area (Å²) in [6, 6.07) is 20.6. The highest BCUT2D eigenvalue weighted by Gasteiger charge is 2.53. The second kappa shape index (κ2) is 17.4. The quantitative estimate of drug-likeness (QED) is 0.0665. The molecule has 5 aromatic rings. The average Bonchev–Trinajstić information content (AvgIpc) is 4.15. The number of H-pyrrole nitrogens is 2. The van der Waals surface area contributed by atoms with Gasteiger partial charge in [-0.05, 0) is 132 Å². The van der Waals surface area contributed by atoms with Gasteiger partial charge in [0, 0.05) is 68.0 Å². The lowest BCUT2D eigenvalue weighted by Crippen LogP contribution is -2.38. The van der Waals surface area contributed by atoms with Crippen molar-refractivity contribution in [3.63, 3.8) is 0 Å². The number of fused-ring (bicyclic) bond motifs is 8. The van der Waals surface area contributed by atoms with E-state index >= 15 is 0 Å². The number of aromatic nitrogens is 4. The average molecular weight is 1050 g/mol. The minimum atomic E-state index is -2.03. The fourth-order valence-electron chi connectivity index (χ4n) is 11.2. The van der Waals surface area contributed by atoms with Crippen LogP contribution in [0.1, 0.15) is 104 Å². The Hall–Kier alpha value is -6.65. The Labute approximate surface area is 448 Å². The number of nitrogens with one attached hydrogen (secondary N) is 6. The molecule has 0 saturated heterocycles. The van der Waals surface area contributed by atoms with Crippen LogP contribution in [0.25, 0.3) is 68.6 Å². The first-order valence-electron chi connectivity index (χ1n) is 27.2. The van der Waals surface area contributed by atoms with Crippen LogP contribution in [0.4, 0.5) is 22.7 Å². The van der Waals surface area contributed by atoms with Gasteiger partial charge in [-0.1, -0.05) is 105 Å². The molecule has 6 aliphatic rings. The summed E-state index contributed by atoms with van der Waals surface area (Å²) in [6.07, 6.45) is 11.2. The van der Waals surface area contributed by atoms with Crippen LogP contribution in [0, 0.1) is 45.3 Å². The van der Waals surface area contributed by atoms with Gasteiger partial charge in [0.2, 0.25) is 23.6 Å². The van der Waals surface area contributed by atoms with E-state index in [0.717, 1.165) is 69.3 Å². The summed E-state index contributed by atoms with van der Waals surface area (Å²) >= 11 is 0. The molecule has 14 heteroatoms. The molecule has 3 aromatic heterocycles. The van der Waals surface area contributed by atoms with Gasteiger partial charge in [0.25, 0.3) is 0 Å². The molecular formula is C62H74N8O4Si2. The van der Waals surface area contributed by atoms with E-state index in [1.807, 2.05) is 60.7 Å². The van der Waals surface area contributed by atoms with E-state index in [0.29, 0.717) is 56.7 Å². The molecule has 4 fully saturated rings. The number of rotatable bonds is 12. The predicted octanol–water partition coefficient (Wildman–Crippen LogP) is 13.0. The third-order valence-corrected chi connectivity index (χ3v) is 21.3. The Balaban J connectivity index is 1.14. The normalized spacial score (nSPS) is 21.9. The first-order chi connectivity index (χ1) is 35.5. The van der Waals surface area contributed by atoms with Crippen LogP contribution < -0.4 is 31.6 Å². The van der Waals surface area contributed by atoms with Gasteiger partial charge in [-0.2, -0.15) is 0 Å². The standard InChI is InChI=1S/C62H74N8O4Si2/c1-59(2)29-39(59)55(71)67-47-25-37(75(9,10)11)26-48(68-56(72)40-30-60(40,3)4)53(47)51-43-19-15-33(63-43)23-35-17-21-45(65-35)52(46-22-18-36(66-46)24-34-16-20-44(51)64-34)54-49(69-57(73)41-31-61(41,5)6)27-38(76(12,13)14)28-50(54)70-58(74)42-32-62(42,7)8/h15-28,39-42,63,66H,29-32H2,1-14H3,(H,67,71)(H,68,72)(H,69,73)(H,70,74)/t39-,40+,41-,42+. The largest absolute Gasteiger partial charge is 0.355 e. The van der Waals surface area contributed by atoms with Gasteiger partial charge in [-0.15, -0.1) is 0 Å². The van der Waals surface area contributed by atoms with Gasteiger partial charge >= 0.3 is 0 Å². The number of anilines is 4. The second-order valence-electron chi connectivity index (χ2n) is 27.5. The number of aromatic amines is 2. The SMILES string of the molecule is CC1(C)C[C@@H]1C(=O)Nc1cc([Si](C)(C)C)cc(NC(=O)[C@@H]2CC2(C)C)c1-c1c2nc(cc3ccc([nH]3)c(-c3c(NC(=O)[C@H]4CC4(C)C)cc([Si](C)(C)C)cc3NC(=O)[C@@H]3CC3(C)C)c3nc(cc4ccc1[nH]4)C=C3)C=C2. The Morgan fingerprint density at radius 3 is 0.961 bits per heavy atom. The van der Waals surface area contributed by atoms with E-state index < -0.39 is 16.1 Å². The number of amides is 4. The maximum absolute atomic E-state index is 14.3. The third-order valence-electron chi connectivity index (χ3n) is 17.3. The lowest BCUT2D eigenvalue weighted by molar-refractivity contribution is -0.118. The van der Waals surface area contributed by atoms with Gasteiger partial charge in [0.05, 0.1) is 61.7 Å². The Bertz CT molecular complexity index is 3250. The molecule has 0 spiro atoms. The molecule has 11 rings (SSSR count). The summed E-state index contributed by atoms with van der Waals surface area (Å²) < 4.78 is 0. The van der Waals surface area contributed by atoms with Crippen LogP contribution in [-0.4, -0.2) is 59.7 Å². The molecule has 0 unspecified atom stereocenters. The minimum Gasteiger partial charge on any atom is -0.355 e. The number of hydrogen-bond acceptors (Lipinski definition) is 6. The van der Waals surface area contributed by atoms with Gasteiger partial charge in [0.15, 0.2) is 0 Å². The number of benzene rings is 2. The second-order valence-corrected chi connectivity index (χ2v) is 37.7. The predicted molar refractivity (Wildman–Crippen MR) is 318 cm³/mol. The third kappa shape index (κ3) is 9.87. The highest BCUT2D eigenvalue weighted by Crippen LogP contribution is 2.56. The van der Waals surface area contributed by atoms with Crippen LogP contribution in [0.5, 0.6) is 0 Å². The molecule has 4 amide bonds. The van der Waals surface area contributed by atoms with E-state index in [1.54, 1.807) is 0 Å². The van der Waals surface area contributed by atoms with E-state index in [2.05, 4.69) is 150 Å². The molecule has 6 N–H and O–H groups in total. The van der Waals surface area contributed by atoms with Crippen LogP contribution >= 0.6 is 0 Å². The van der Waals surface area contributed by atoms with Gasteiger partial charge in [-0.25, -0.2) is 9.97 Å².